The summed E-state index contributed by atoms with van der Waals surface area (Å²) >= 11 is 0. The molecule has 1 aliphatic heterocycles. The van der Waals surface area contributed by atoms with Crippen LogP contribution in [0, 0.1) is 0 Å². The summed E-state index contributed by atoms with van der Waals surface area (Å²) in [5.41, 5.74) is 2.46. The van der Waals surface area contributed by atoms with Crippen molar-refractivity contribution in [2.45, 2.75) is 19.5 Å². The number of halogens is 1. The molecule has 4 nitrogen and oxygen atoms in total. The molecule has 1 aliphatic rings. The Hall–Kier alpha value is -2.28. The summed E-state index contributed by atoms with van der Waals surface area (Å²) in [6, 6.07) is 22.5. The van der Waals surface area contributed by atoms with Crippen LogP contribution in [-0.2, 0) is 6.54 Å². The molecule has 1 atom stereocenters. The summed E-state index contributed by atoms with van der Waals surface area (Å²) < 4.78 is 0. The predicted molar refractivity (Wildman–Crippen MR) is 122 cm³/mol. The van der Waals surface area contributed by atoms with Gasteiger partial charge >= 0.3 is 0 Å². The van der Waals surface area contributed by atoms with Crippen molar-refractivity contribution in [3.8, 4) is 5.75 Å². The van der Waals surface area contributed by atoms with E-state index in [0.29, 0.717) is 12.3 Å². The number of phenols is 1. The monoisotopic (exact) mass is 473 g/mol. The third-order valence-electron chi connectivity index (χ3n) is 4.89. The largest absolute Gasteiger partial charge is 0.508 e. The van der Waals surface area contributed by atoms with E-state index in [1.54, 1.807) is 12.1 Å². The summed E-state index contributed by atoms with van der Waals surface area (Å²) in [7, 11) is 0. The van der Waals surface area contributed by atoms with Crippen LogP contribution in [0.3, 0.4) is 0 Å². The first-order chi connectivity index (χ1) is 12.7. The molecular weight excluding hydrogens is 449 g/mol. The van der Waals surface area contributed by atoms with E-state index in [1.807, 2.05) is 18.2 Å². The second kappa shape index (κ2) is 8.61. The van der Waals surface area contributed by atoms with E-state index in [2.05, 4.69) is 53.5 Å². The Kier molecular flexibility index (Phi) is 6.21. The molecule has 0 saturated carbocycles. The molecule has 0 radical (unpaired) electrons. The molecule has 0 spiro atoms. The van der Waals surface area contributed by atoms with E-state index in [0.717, 1.165) is 35.4 Å². The maximum atomic E-state index is 9.59. The number of nitrogens with one attached hydrogen (secondary N) is 1. The SMILES string of the molecule is CCN1CC(c2ccccc2)NC1=NCc1ccc2cc(O)ccc2c1.I. The zero-order chi connectivity index (χ0) is 17.9. The van der Waals surface area contributed by atoms with Crippen LogP contribution < -0.4 is 5.32 Å². The molecule has 1 heterocycles. The lowest BCUT2D eigenvalue weighted by Gasteiger charge is -2.14. The van der Waals surface area contributed by atoms with E-state index in [4.69, 9.17) is 4.99 Å². The maximum absolute atomic E-state index is 9.59. The summed E-state index contributed by atoms with van der Waals surface area (Å²) in [5, 5.41) is 15.3. The Morgan fingerprint density at radius 3 is 2.56 bits per heavy atom. The van der Waals surface area contributed by atoms with Gasteiger partial charge in [0.25, 0.3) is 0 Å². The van der Waals surface area contributed by atoms with Gasteiger partial charge in [0.1, 0.15) is 5.75 Å². The summed E-state index contributed by atoms with van der Waals surface area (Å²) in [6.07, 6.45) is 0. The highest BCUT2D eigenvalue weighted by Gasteiger charge is 2.26. The van der Waals surface area contributed by atoms with Crippen LogP contribution in [0.15, 0.2) is 71.7 Å². The Morgan fingerprint density at radius 2 is 1.78 bits per heavy atom. The highest BCUT2D eigenvalue weighted by atomic mass is 127. The number of likely N-dealkylation sites (N-methyl/N-ethyl adjacent to an activating group) is 1. The third kappa shape index (κ3) is 4.35. The van der Waals surface area contributed by atoms with E-state index in [9.17, 15) is 5.11 Å². The zero-order valence-corrected chi connectivity index (χ0v) is 17.6. The van der Waals surface area contributed by atoms with Crippen molar-refractivity contribution in [1.82, 2.24) is 10.2 Å². The lowest BCUT2D eigenvalue weighted by atomic mass is 10.1. The van der Waals surface area contributed by atoms with Crippen molar-refractivity contribution in [3.63, 3.8) is 0 Å². The lowest BCUT2D eigenvalue weighted by Crippen LogP contribution is -2.30. The first-order valence-corrected chi connectivity index (χ1v) is 9.05. The quantitative estimate of drug-likeness (QED) is 0.541. The van der Waals surface area contributed by atoms with Gasteiger partial charge in [0.15, 0.2) is 5.96 Å². The molecule has 3 aromatic rings. The van der Waals surface area contributed by atoms with Crippen LogP contribution >= 0.6 is 24.0 Å². The number of hydrogen-bond donors (Lipinski definition) is 2. The zero-order valence-electron chi connectivity index (χ0n) is 15.3. The smallest absolute Gasteiger partial charge is 0.194 e. The van der Waals surface area contributed by atoms with Gasteiger partial charge in [0, 0.05) is 13.1 Å². The Balaban J connectivity index is 0.00000210. The maximum Gasteiger partial charge on any atom is 0.194 e. The summed E-state index contributed by atoms with van der Waals surface area (Å²) in [5.74, 6) is 1.26. The molecule has 2 N–H and O–H groups in total. The van der Waals surface area contributed by atoms with E-state index >= 15 is 0 Å². The van der Waals surface area contributed by atoms with Crippen LogP contribution in [0.4, 0.5) is 0 Å². The lowest BCUT2D eigenvalue weighted by molar-refractivity contribution is 0.455. The van der Waals surface area contributed by atoms with Gasteiger partial charge in [-0.05, 0) is 47.0 Å². The number of fused-ring (bicyclic) bond motifs is 1. The van der Waals surface area contributed by atoms with Crippen molar-refractivity contribution in [1.29, 1.82) is 0 Å². The molecule has 4 rings (SSSR count). The Morgan fingerprint density at radius 1 is 1.04 bits per heavy atom. The average Bonchev–Trinajstić information content (AvgIpc) is 3.10. The van der Waals surface area contributed by atoms with Crippen molar-refractivity contribution < 1.29 is 5.11 Å². The molecule has 0 bridgehead atoms. The van der Waals surface area contributed by atoms with Gasteiger partial charge in [-0.2, -0.15) is 0 Å². The minimum absolute atomic E-state index is 0. The summed E-state index contributed by atoms with van der Waals surface area (Å²) in [4.78, 5) is 7.12. The molecule has 1 fully saturated rings. The number of phenolic OH excluding ortho intramolecular Hbond substituents is 1. The molecule has 1 unspecified atom stereocenters. The van der Waals surface area contributed by atoms with E-state index in [-0.39, 0.29) is 30.0 Å². The van der Waals surface area contributed by atoms with Crippen LogP contribution in [0.1, 0.15) is 24.1 Å². The fraction of sp³-hybridized carbons (Fsp3) is 0.227. The van der Waals surface area contributed by atoms with Crippen LogP contribution in [0.25, 0.3) is 10.8 Å². The van der Waals surface area contributed by atoms with Gasteiger partial charge < -0.3 is 15.3 Å². The van der Waals surface area contributed by atoms with Crippen LogP contribution in [0.5, 0.6) is 5.75 Å². The number of benzene rings is 3. The second-order valence-corrected chi connectivity index (χ2v) is 6.65. The number of nitrogens with zero attached hydrogens (tertiary/aromatic N) is 2. The first-order valence-electron chi connectivity index (χ1n) is 9.05. The molecule has 5 heteroatoms. The predicted octanol–water partition coefficient (Wildman–Crippen LogP) is 4.69. The fourth-order valence-corrected chi connectivity index (χ4v) is 3.45. The minimum Gasteiger partial charge on any atom is -0.508 e. The standard InChI is InChI=1S/C22H23N3O.HI/c1-2-25-15-21(17-6-4-3-5-7-17)24-22(25)23-14-16-8-9-19-13-20(26)11-10-18(19)12-16;/h3-13,21,26H,2,14-15H2,1H3,(H,23,24);1H. The number of guanidine groups is 1. The van der Waals surface area contributed by atoms with Gasteiger partial charge in [0.05, 0.1) is 12.6 Å². The van der Waals surface area contributed by atoms with Crippen molar-refractivity contribution in [3.05, 3.63) is 77.9 Å². The highest BCUT2D eigenvalue weighted by molar-refractivity contribution is 14.0. The van der Waals surface area contributed by atoms with E-state index < -0.39 is 0 Å². The molecule has 0 aromatic heterocycles. The Labute approximate surface area is 176 Å². The Bertz CT molecular complexity index is 943. The minimum atomic E-state index is 0. The van der Waals surface area contributed by atoms with Gasteiger partial charge in [-0.1, -0.05) is 48.5 Å². The normalized spacial score (nSPS) is 17.7. The van der Waals surface area contributed by atoms with Gasteiger partial charge in [-0.25, -0.2) is 4.99 Å². The number of aliphatic imine (C=N–C) groups is 1. The first kappa shape index (κ1) is 19.5. The second-order valence-electron chi connectivity index (χ2n) is 6.65. The average molecular weight is 473 g/mol. The van der Waals surface area contributed by atoms with Crippen molar-refractivity contribution >= 4 is 40.7 Å². The molecular formula is C22H24IN3O. The highest BCUT2D eigenvalue weighted by Crippen LogP contribution is 2.23. The number of rotatable bonds is 4. The van der Waals surface area contributed by atoms with Crippen molar-refractivity contribution in [2.75, 3.05) is 13.1 Å². The van der Waals surface area contributed by atoms with Crippen LogP contribution in [0.2, 0.25) is 0 Å². The number of aromatic hydroxyl groups is 1. The van der Waals surface area contributed by atoms with Crippen molar-refractivity contribution in [2.24, 2.45) is 4.99 Å². The van der Waals surface area contributed by atoms with Gasteiger partial charge in [-0.15, -0.1) is 24.0 Å². The number of hydrogen-bond acceptors (Lipinski definition) is 2. The van der Waals surface area contributed by atoms with E-state index in [1.165, 1.54) is 5.56 Å². The third-order valence-corrected chi connectivity index (χ3v) is 4.89. The topological polar surface area (TPSA) is 47.9 Å². The molecule has 0 aliphatic carbocycles. The van der Waals surface area contributed by atoms with Gasteiger partial charge in [-0.3, -0.25) is 0 Å². The van der Waals surface area contributed by atoms with Gasteiger partial charge in [0.2, 0.25) is 0 Å². The molecule has 3 aromatic carbocycles. The summed E-state index contributed by atoms with van der Waals surface area (Å²) in [6.45, 7) is 4.67. The fourth-order valence-electron chi connectivity index (χ4n) is 3.45. The molecule has 0 amide bonds. The molecule has 1 saturated heterocycles. The van der Waals surface area contributed by atoms with Crippen LogP contribution in [-0.4, -0.2) is 29.1 Å². The molecule has 140 valence electrons. The molecule has 27 heavy (non-hydrogen) atoms.